The Morgan fingerprint density at radius 3 is 2.50 bits per heavy atom. The molecule has 0 heterocycles. The molecule has 0 fully saturated rings. The number of rotatable bonds is 2. The minimum Gasteiger partial charge on any atom is -0.323 e. The molecule has 2 nitrogen and oxygen atoms in total. The summed E-state index contributed by atoms with van der Waals surface area (Å²) < 4.78 is 1.02. The van der Waals surface area contributed by atoms with Gasteiger partial charge in [-0.1, -0.05) is 28.1 Å². The van der Waals surface area contributed by atoms with Crippen molar-refractivity contribution < 1.29 is 0 Å². The van der Waals surface area contributed by atoms with Gasteiger partial charge in [-0.15, -0.1) is 0 Å². The van der Waals surface area contributed by atoms with E-state index in [4.69, 9.17) is 11.0 Å². The molecular weight excluding hydrogens is 216 g/mol. The van der Waals surface area contributed by atoms with Crippen LogP contribution < -0.4 is 5.73 Å². The first-order valence-electron chi connectivity index (χ1n) is 3.62. The highest BCUT2D eigenvalue weighted by Gasteiger charge is 2.03. The van der Waals surface area contributed by atoms with E-state index < -0.39 is 0 Å². The molecule has 0 saturated carbocycles. The highest BCUT2D eigenvalue weighted by molar-refractivity contribution is 9.10. The van der Waals surface area contributed by atoms with Crippen LogP contribution in [0.5, 0.6) is 0 Å². The van der Waals surface area contributed by atoms with Gasteiger partial charge in [-0.3, -0.25) is 0 Å². The Morgan fingerprint density at radius 1 is 1.42 bits per heavy atom. The summed E-state index contributed by atoms with van der Waals surface area (Å²) >= 11 is 3.33. The smallest absolute Gasteiger partial charge is 0.0641 e. The summed E-state index contributed by atoms with van der Waals surface area (Å²) in [6.07, 6.45) is 0.363. The Bertz CT molecular complexity index is 286. The Labute approximate surface area is 80.1 Å². The summed E-state index contributed by atoms with van der Waals surface area (Å²) in [5.41, 5.74) is 6.72. The monoisotopic (exact) mass is 224 g/mol. The number of hydrogen-bond donors (Lipinski definition) is 1. The van der Waals surface area contributed by atoms with E-state index in [0.717, 1.165) is 10.0 Å². The van der Waals surface area contributed by atoms with E-state index in [2.05, 4.69) is 15.9 Å². The summed E-state index contributed by atoms with van der Waals surface area (Å²) in [7, 11) is 0. The zero-order valence-corrected chi connectivity index (χ0v) is 8.08. The number of nitrogens with zero attached hydrogens (tertiary/aromatic N) is 1. The predicted octanol–water partition coefficient (Wildman–Crippen LogP) is 2.36. The fourth-order valence-electron chi connectivity index (χ4n) is 0.926. The topological polar surface area (TPSA) is 49.8 Å². The van der Waals surface area contributed by atoms with E-state index in [1.54, 1.807) is 0 Å². The van der Waals surface area contributed by atoms with Gasteiger partial charge < -0.3 is 5.73 Å². The van der Waals surface area contributed by atoms with Crippen molar-refractivity contribution in [2.75, 3.05) is 0 Å². The molecule has 0 aliphatic carbocycles. The van der Waals surface area contributed by atoms with Crippen molar-refractivity contribution in [3.63, 3.8) is 0 Å². The summed E-state index contributed by atoms with van der Waals surface area (Å²) in [6, 6.07) is 9.57. The van der Waals surface area contributed by atoms with Crippen molar-refractivity contribution in [3.05, 3.63) is 34.3 Å². The van der Waals surface area contributed by atoms with E-state index in [9.17, 15) is 0 Å². The largest absolute Gasteiger partial charge is 0.323 e. The Morgan fingerprint density at radius 2 is 2.00 bits per heavy atom. The van der Waals surface area contributed by atoms with Crippen LogP contribution in [0.1, 0.15) is 18.0 Å². The van der Waals surface area contributed by atoms with Gasteiger partial charge in [0.25, 0.3) is 0 Å². The standard InChI is InChI=1S/C9H9BrN2/c10-8-3-1-7(2-4-8)9(12)5-6-11/h1-4,9H,5,12H2. The Balaban J connectivity index is 2.76. The fourth-order valence-corrected chi connectivity index (χ4v) is 1.19. The van der Waals surface area contributed by atoms with Crippen LogP contribution in [0, 0.1) is 11.3 Å². The molecule has 3 heteroatoms. The highest BCUT2D eigenvalue weighted by atomic mass is 79.9. The van der Waals surface area contributed by atoms with Crippen LogP contribution >= 0.6 is 15.9 Å². The number of hydrogen-bond acceptors (Lipinski definition) is 2. The van der Waals surface area contributed by atoms with Crippen molar-refractivity contribution in [2.45, 2.75) is 12.5 Å². The van der Waals surface area contributed by atoms with Gasteiger partial charge in [0.1, 0.15) is 0 Å². The zero-order chi connectivity index (χ0) is 8.97. The molecule has 1 aromatic rings. The maximum Gasteiger partial charge on any atom is 0.0641 e. The molecule has 2 N–H and O–H groups in total. The lowest BCUT2D eigenvalue weighted by molar-refractivity contribution is 0.748. The van der Waals surface area contributed by atoms with Gasteiger partial charge >= 0.3 is 0 Å². The molecule has 1 atom stereocenters. The van der Waals surface area contributed by atoms with Crippen molar-refractivity contribution in [3.8, 4) is 6.07 Å². The third-order valence-electron chi connectivity index (χ3n) is 1.61. The SMILES string of the molecule is N#CCC(N)c1ccc(Br)cc1. The Kier molecular flexibility index (Phi) is 3.27. The van der Waals surface area contributed by atoms with Gasteiger partial charge in [-0.05, 0) is 17.7 Å². The predicted molar refractivity (Wildman–Crippen MR) is 51.3 cm³/mol. The molecule has 12 heavy (non-hydrogen) atoms. The van der Waals surface area contributed by atoms with Crippen LogP contribution in [0.25, 0.3) is 0 Å². The third-order valence-corrected chi connectivity index (χ3v) is 2.14. The maximum atomic E-state index is 8.41. The molecule has 0 aliphatic heterocycles. The molecule has 0 spiro atoms. The van der Waals surface area contributed by atoms with Gasteiger partial charge in [0.15, 0.2) is 0 Å². The summed E-state index contributed by atoms with van der Waals surface area (Å²) in [5, 5.41) is 8.41. The molecule has 62 valence electrons. The second-order valence-corrected chi connectivity index (χ2v) is 3.44. The van der Waals surface area contributed by atoms with Crippen LogP contribution in [0.2, 0.25) is 0 Å². The lowest BCUT2D eigenvalue weighted by Crippen LogP contribution is -2.08. The molecule has 0 aromatic heterocycles. The average molecular weight is 225 g/mol. The summed E-state index contributed by atoms with van der Waals surface area (Å²) in [6.45, 7) is 0. The molecule has 0 radical (unpaired) electrons. The molecule has 0 bridgehead atoms. The van der Waals surface area contributed by atoms with E-state index in [0.29, 0.717) is 6.42 Å². The lowest BCUT2D eigenvalue weighted by atomic mass is 10.1. The fraction of sp³-hybridized carbons (Fsp3) is 0.222. The summed E-state index contributed by atoms with van der Waals surface area (Å²) in [5.74, 6) is 0. The number of halogens is 1. The second-order valence-electron chi connectivity index (χ2n) is 2.52. The maximum absolute atomic E-state index is 8.41. The first kappa shape index (κ1) is 9.24. The van der Waals surface area contributed by atoms with Crippen molar-refractivity contribution in [1.82, 2.24) is 0 Å². The van der Waals surface area contributed by atoms with Crippen LogP contribution in [-0.2, 0) is 0 Å². The lowest BCUT2D eigenvalue weighted by Gasteiger charge is -2.06. The van der Waals surface area contributed by atoms with Gasteiger partial charge in [-0.2, -0.15) is 5.26 Å². The van der Waals surface area contributed by atoms with Crippen molar-refractivity contribution >= 4 is 15.9 Å². The molecule has 1 rings (SSSR count). The normalized spacial score (nSPS) is 12.1. The number of nitriles is 1. The van der Waals surface area contributed by atoms with Gasteiger partial charge in [-0.25, -0.2) is 0 Å². The molecule has 1 aromatic carbocycles. The van der Waals surface area contributed by atoms with Gasteiger partial charge in [0, 0.05) is 10.5 Å². The third kappa shape index (κ3) is 2.33. The zero-order valence-electron chi connectivity index (χ0n) is 6.50. The molecule has 0 amide bonds. The Hall–Kier alpha value is -0.850. The van der Waals surface area contributed by atoms with Crippen LogP contribution in [0.3, 0.4) is 0 Å². The quantitative estimate of drug-likeness (QED) is 0.839. The first-order chi connectivity index (χ1) is 5.74. The van der Waals surface area contributed by atoms with Gasteiger partial charge in [0.05, 0.1) is 12.5 Å². The highest BCUT2D eigenvalue weighted by Crippen LogP contribution is 2.16. The molecule has 0 saturated heterocycles. The first-order valence-corrected chi connectivity index (χ1v) is 4.41. The molecule has 1 unspecified atom stereocenters. The second kappa shape index (κ2) is 4.24. The van der Waals surface area contributed by atoms with Gasteiger partial charge in [0.2, 0.25) is 0 Å². The number of benzene rings is 1. The number of nitrogens with two attached hydrogens (primary N) is 1. The molecule has 0 aliphatic rings. The van der Waals surface area contributed by atoms with Crippen molar-refractivity contribution in [2.24, 2.45) is 5.73 Å². The van der Waals surface area contributed by atoms with Crippen molar-refractivity contribution in [1.29, 1.82) is 5.26 Å². The summed E-state index contributed by atoms with van der Waals surface area (Å²) in [4.78, 5) is 0. The minimum atomic E-state index is -0.164. The van der Waals surface area contributed by atoms with E-state index in [1.165, 1.54) is 0 Å². The van der Waals surface area contributed by atoms with Crippen LogP contribution in [-0.4, -0.2) is 0 Å². The average Bonchev–Trinajstić information content (AvgIpc) is 2.06. The van der Waals surface area contributed by atoms with E-state index in [1.807, 2.05) is 30.3 Å². The van der Waals surface area contributed by atoms with Crippen LogP contribution in [0.15, 0.2) is 28.7 Å². The van der Waals surface area contributed by atoms with E-state index >= 15 is 0 Å². The van der Waals surface area contributed by atoms with E-state index in [-0.39, 0.29) is 6.04 Å². The molecular formula is C9H9BrN2. The van der Waals surface area contributed by atoms with Crippen LogP contribution in [0.4, 0.5) is 0 Å². The minimum absolute atomic E-state index is 0.164.